The Balaban J connectivity index is 3.33. The van der Waals surface area contributed by atoms with Gasteiger partial charge in [0, 0.05) is 11.1 Å². The summed E-state index contributed by atoms with van der Waals surface area (Å²) in [7, 11) is 0. The normalized spacial score (nSPS) is 12.5. The van der Waals surface area contributed by atoms with Gasteiger partial charge in [-0.2, -0.15) is 0 Å². The first-order valence-corrected chi connectivity index (χ1v) is 6.51. The molecule has 3 N–H and O–H groups in total. The van der Waals surface area contributed by atoms with Crippen molar-refractivity contribution in [1.82, 2.24) is 0 Å². The molecule has 0 fully saturated rings. The number of aromatic hydroxyl groups is 1. The van der Waals surface area contributed by atoms with Crippen LogP contribution in [0.2, 0.25) is 0 Å². The number of rotatable bonds is 3. The topological polar surface area (TPSA) is 60.7 Å². The van der Waals surface area contributed by atoms with Gasteiger partial charge in [0.2, 0.25) is 0 Å². The predicted molar refractivity (Wildman–Crippen MR) is 80.4 cm³/mol. The number of phenolic OH excluding ortho intramolecular Hbond substituents is 1. The van der Waals surface area contributed by atoms with Crippen molar-refractivity contribution in [3.63, 3.8) is 0 Å². The van der Waals surface area contributed by atoms with Crippen molar-refractivity contribution in [2.24, 2.45) is 0 Å². The van der Waals surface area contributed by atoms with Gasteiger partial charge in [-0.05, 0) is 51.8 Å². The number of hydrogen-bond donors (Lipinski definition) is 3. The highest BCUT2D eigenvalue weighted by molar-refractivity contribution is 5.52. The lowest BCUT2D eigenvalue weighted by atomic mass is 9.95. The summed E-state index contributed by atoms with van der Waals surface area (Å²) < 4.78 is 0. The van der Waals surface area contributed by atoms with Gasteiger partial charge in [0.05, 0.1) is 6.10 Å². The second-order valence-electron chi connectivity index (χ2n) is 5.73. The van der Waals surface area contributed by atoms with Gasteiger partial charge in [0.15, 0.2) is 0 Å². The zero-order valence-electron chi connectivity index (χ0n) is 12.5. The number of aryl methyl sites for hydroxylation is 1. The molecule has 20 heavy (non-hydrogen) atoms. The lowest BCUT2D eigenvalue weighted by Crippen LogP contribution is -2.14. The van der Waals surface area contributed by atoms with Crippen LogP contribution in [0, 0.1) is 18.8 Å². The summed E-state index contributed by atoms with van der Waals surface area (Å²) >= 11 is 0. The van der Waals surface area contributed by atoms with Crippen molar-refractivity contribution in [1.29, 1.82) is 0 Å². The van der Waals surface area contributed by atoms with E-state index in [1.165, 1.54) is 0 Å². The van der Waals surface area contributed by atoms with E-state index in [0.29, 0.717) is 17.5 Å². The Hall–Kier alpha value is -1.76. The first-order valence-electron chi connectivity index (χ1n) is 6.51. The molecule has 108 valence electrons. The molecule has 0 heterocycles. The zero-order chi connectivity index (χ0) is 15.5. The highest BCUT2D eigenvalue weighted by Crippen LogP contribution is 2.32. The first kappa shape index (κ1) is 16.3. The van der Waals surface area contributed by atoms with E-state index < -0.39 is 11.7 Å². The summed E-state index contributed by atoms with van der Waals surface area (Å²) in [6.07, 6.45) is -0.507. The van der Waals surface area contributed by atoms with E-state index >= 15 is 0 Å². The van der Waals surface area contributed by atoms with Gasteiger partial charge in [0.25, 0.3) is 0 Å². The molecule has 1 rings (SSSR count). The molecule has 0 aliphatic rings. The van der Waals surface area contributed by atoms with Crippen LogP contribution in [0.15, 0.2) is 24.3 Å². The Kier molecular flexibility index (Phi) is 4.99. The average molecular weight is 274 g/mol. The molecule has 0 saturated heterocycles. The molecule has 0 saturated carbocycles. The molecular formula is C17H22O3. The maximum absolute atomic E-state index is 10.2. The van der Waals surface area contributed by atoms with Crippen molar-refractivity contribution in [2.45, 2.75) is 45.8 Å². The second kappa shape index (κ2) is 6.13. The highest BCUT2D eigenvalue weighted by Gasteiger charge is 2.17. The smallest absolute Gasteiger partial charge is 0.122 e. The van der Waals surface area contributed by atoms with Gasteiger partial charge in [-0.1, -0.05) is 17.4 Å². The van der Waals surface area contributed by atoms with Crippen LogP contribution >= 0.6 is 0 Å². The third-order valence-electron chi connectivity index (χ3n) is 2.68. The van der Waals surface area contributed by atoms with Gasteiger partial charge in [-0.15, -0.1) is 6.58 Å². The first-order chi connectivity index (χ1) is 9.10. The van der Waals surface area contributed by atoms with Crippen LogP contribution in [-0.2, 0) is 0 Å². The van der Waals surface area contributed by atoms with Crippen LogP contribution < -0.4 is 0 Å². The number of benzene rings is 1. The summed E-state index contributed by atoms with van der Waals surface area (Å²) in [6.45, 7) is 10.6. The summed E-state index contributed by atoms with van der Waals surface area (Å²) in [5, 5.41) is 30.0. The minimum Gasteiger partial charge on any atom is -0.508 e. The molecule has 0 radical (unpaired) electrons. The fourth-order valence-corrected chi connectivity index (χ4v) is 1.88. The molecule has 3 nitrogen and oxygen atoms in total. The number of hydrogen-bond acceptors (Lipinski definition) is 3. The van der Waals surface area contributed by atoms with Crippen LogP contribution in [0.25, 0.3) is 0 Å². The Morgan fingerprint density at radius 2 is 2.00 bits per heavy atom. The second-order valence-corrected chi connectivity index (χ2v) is 5.73. The van der Waals surface area contributed by atoms with E-state index in [4.69, 9.17) is 0 Å². The molecule has 0 spiro atoms. The molecule has 1 aromatic rings. The molecule has 0 amide bonds. The summed E-state index contributed by atoms with van der Waals surface area (Å²) in [6, 6.07) is 3.38. The molecule has 3 heteroatoms. The van der Waals surface area contributed by atoms with E-state index in [0.717, 1.165) is 11.1 Å². The lowest BCUT2D eigenvalue weighted by molar-refractivity contribution is 0.143. The van der Waals surface area contributed by atoms with Gasteiger partial charge in [-0.3, -0.25) is 0 Å². The van der Waals surface area contributed by atoms with Crippen molar-refractivity contribution in [3.05, 3.63) is 41.0 Å². The summed E-state index contributed by atoms with van der Waals surface area (Å²) in [5.41, 5.74) is 1.44. The maximum atomic E-state index is 10.2. The van der Waals surface area contributed by atoms with Gasteiger partial charge in [0.1, 0.15) is 11.4 Å². The van der Waals surface area contributed by atoms with Gasteiger partial charge >= 0.3 is 0 Å². The van der Waals surface area contributed by atoms with Crippen molar-refractivity contribution in [3.8, 4) is 17.6 Å². The van der Waals surface area contributed by atoms with Crippen LogP contribution in [0.3, 0.4) is 0 Å². The predicted octanol–water partition coefficient (Wildman–Crippen LogP) is 2.82. The quantitative estimate of drug-likeness (QED) is 0.587. The van der Waals surface area contributed by atoms with E-state index in [9.17, 15) is 15.3 Å². The zero-order valence-corrected chi connectivity index (χ0v) is 12.5. The van der Waals surface area contributed by atoms with Crippen LogP contribution in [-0.4, -0.2) is 20.9 Å². The molecule has 0 aromatic heterocycles. The standard InChI is InChI=1S/C17H22O3/c1-11(2)8-14(18)16-13(6-7-17(4,5)20)9-12(3)10-15(16)19/h9-10,14,18-20H,1,8H2,2-5H3. The van der Waals surface area contributed by atoms with Crippen molar-refractivity contribution in [2.75, 3.05) is 0 Å². The Bertz CT molecular complexity index is 568. The van der Waals surface area contributed by atoms with E-state index in [2.05, 4.69) is 18.4 Å². The molecule has 1 aromatic carbocycles. The number of aliphatic hydroxyl groups is 2. The van der Waals surface area contributed by atoms with E-state index in [1.807, 2.05) is 13.8 Å². The molecule has 1 unspecified atom stereocenters. The third kappa shape index (κ3) is 4.73. The van der Waals surface area contributed by atoms with Crippen molar-refractivity contribution < 1.29 is 15.3 Å². The molecular weight excluding hydrogens is 252 g/mol. The van der Waals surface area contributed by atoms with Gasteiger partial charge in [-0.25, -0.2) is 0 Å². The molecule has 0 aliphatic carbocycles. The number of aliphatic hydroxyl groups excluding tert-OH is 1. The minimum atomic E-state index is -1.13. The van der Waals surface area contributed by atoms with Gasteiger partial charge < -0.3 is 15.3 Å². The lowest BCUT2D eigenvalue weighted by Gasteiger charge is -2.16. The minimum absolute atomic E-state index is 0.0128. The van der Waals surface area contributed by atoms with Crippen LogP contribution in [0.4, 0.5) is 0 Å². The number of phenols is 1. The Morgan fingerprint density at radius 3 is 2.50 bits per heavy atom. The average Bonchev–Trinajstić information content (AvgIpc) is 2.22. The SMILES string of the molecule is C=C(C)CC(O)c1c(O)cc(C)cc1C#CC(C)(C)O. The van der Waals surface area contributed by atoms with Crippen LogP contribution in [0.1, 0.15) is 50.0 Å². The monoisotopic (exact) mass is 274 g/mol. The molecule has 1 atom stereocenters. The third-order valence-corrected chi connectivity index (χ3v) is 2.68. The van der Waals surface area contributed by atoms with E-state index in [1.54, 1.807) is 26.0 Å². The maximum Gasteiger partial charge on any atom is 0.122 e. The van der Waals surface area contributed by atoms with Crippen molar-refractivity contribution >= 4 is 0 Å². The van der Waals surface area contributed by atoms with Crippen LogP contribution in [0.5, 0.6) is 5.75 Å². The largest absolute Gasteiger partial charge is 0.508 e. The summed E-state index contributed by atoms with van der Waals surface area (Å²) in [4.78, 5) is 0. The van der Waals surface area contributed by atoms with E-state index in [-0.39, 0.29) is 5.75 Å². The fraction of sp³-hybridized carbons (Fsp3) is 0.412. The Morgan fingerprint density at radius 1 is 1.40 bits per heavy atom. The Labute approximate surface area is 120 Å². The highest BCUT2D eigenvalue weighted by atomic mass is 16.3. The molecule has 0 bridgehead atoms. The summed E-state index contributed by atoms with van der Waals surface area (Å²) in [5.74, 6) is 5.55. The molecule has 0 aliphatic heterocycles. The fourth-order valence-electron chi connectivity index (χ4n) is 1.88.